The van der Waals surface area contributed by atoms with Crippen molar-refractivity contribution in [1.29, 1.82) is 0 Å². The van der Waals surface area contributed by atoms with Crippen LogP contribution in [0.1, 0.15) is 56.7 Å². The Bertz CT molecular complexity index is 1410. The molecule has 0 aromatic carbocycles. The maximum Gasteiger partial charge on any atom is 0.185 e. The average Bonchev–Trinajstić information content (AvgIpc) is 3.49. The molecule has 0 atom stereocenters. The zero-order valence-electron chi connectivity index (χ0n) is 26.8. The van der Waals surface area contributed by atoms with Crippen LogP contribution >= 0.6 is 11.3 Å². The van der Waals surface area contributed by atoms with Crippen LogP contribution in [0.3, 0.4) is 0 Å². The number of thiazole rings is 1. The van der Waals surface area contributed by atoms with Gasteiger partial charge in [-0.2, -0.15) is 0 Å². The van der Waals surface area contributed by atoms with Crippen LogP contribution in [-0.4, -0.2) is 71.3 Å². The Morgan fingerprint density at radius 3 is 2.45 bits per heavy atom. The normalized spacial score (nSPS) is 16.7. The summed E-state index contributed by atoms with van der Waals surface area (Å²) in [4.78, 5) is 20.8. The first-order chi connectivity index (χ1) is 21.1. The molecular formula is C34H49N9S. The van der Waals surface area contributed by atoms with Gasteiger partial charge in [-0.25, -0.2) is 9.98 Å². The fourth-order valence-corrected chi connectivity index (χ4v) is 5.71. The predicted octanol–water partition coefficient (Wildman–Crippen LogP) is 5.46. The molecule has 0 radical (unpaired) electrons. The monoisotopic (exact) mass is 615 g/mol. The van der Waals surface area contributed by atoms with Crippen molar-refractivity contribution >= 4 is 29.2 Å². The summed E-state index contributed by atoms with van der Waals surface area (Å²) in [6.07, 6.45) is 17.4. The molecule has 4 rings (SSSR count). The molecule has 44 heavy (non-hydrogen) atoms. The lowest BCUT2D eigenvalue weighted by Gasteiger charge is -2.41. The minimum Gasteiger partial charge on any atom is -0.372 e. The Kier molecular flexibility index (Phi) is 13.0. The molecule has 10 heteroatoms. The number of guanidine groups is 1. The Hall–Kier alpha value is -4.15. The second-order valence-corrected chi connectivity index (χ2v) is 12.0. The molecule has 0 aliphatic carbocycles. The molecular weight excluding hydrogens is 567 g/mol. The molecule has 0 bridgehead atoms. The van der Waals surface area contributed by atoms with E-state index in [1.807, 2.05) is 19.2 Å². The molecule has 3 aliphatic heterocycles. The highest BCUT2D eigenvalue weighted by atomic mass is 32.1. The Balaban J connectivity index is 0.00000259. The van der Waals surface area contributed by atoms with Crippen molar-refractivity contribution in [2.75, 3.05) is 39.8 Å². The lowest BCUT2D eigenvalue weighted by molar-refractivity contribution is 0.185. The molecule has 4 heterocycles. The molecule has 236 valence electrons. The fraction of sp³-hybridized carbons (Fsp3) is 0.382. The highest BCUT2D eigenvalue weighted by molar-refractivity contribution is 7.10. The number of amidine groups is 1. The molecule has 0 saturated carbocycles. The van der Waals surface area contributed by atoms with E-state index < -0.39 is 0 Å². The summed E-state index contributed by atoms with van der Waals surface area (Å²) in [5.41, 5.74) is 21.6. The summed E-state index contributed by atoms with van der Waals surface area (Å²) < 4.78 is 0. The third-order valence-corrected chi connectivity index (χ3v) is 8.13. The number of piperazine rings is 1. The van der Waals surface area contributed by atoms with Gasteiger partial charge in [0.2, 0.25) is 0 Å². The number of rotatable bonds is 12. The first-order valence-corrected chi connectivity index (χ1v) is 16.0. The van der Waals surface area contributed by atoms with Crippen molar-refractivity contribution in [3.05, 3.63) is 106 Å². The minimum absolute atomic E-state index is 0.150. The van der Waals surface area contributed by atoms with Crippen molar-refractivity contribution in [3.8, 4) is 0 Å². The van der Waals surface area contributed by atoms with Gasteiger partial charge in [0.25, 0.3) is 0 Å². The van der Waals surface area contributed by atoms with Gasteiger partial charge in [0.05, 0.1) is 11.4 Å². The predicted molar refractivity (Wildman–Crippen MR) is 189 cm³/mol. The van der Waals surface area contributed by atoms with E-state index in [1.165, 1.54) is 12.7 Å². The van der Waals surface area contributed by atoms with Crippen LogP contribution < -0.4 is 17.2 Å². The first kappa shape index (κ1) is 34.3. The Morgan fingerprint density at radius 1 is 1.09 bits per heavy atom. The van der Waals surface area contributed by atoms with Crippen molar-refractivity contribution < 1.29 is 0 Å². The van der Waals surface area contributed by atoms with Crippen LogP contribution in [0.2, 0.25) is 0 Å². The van der Waals surface area contributed by atoms with E-state index in [0.717, 1.165) is 90.2 Å². The second kappa shape index (κ2) is 16.6. The van der Waals surface area contributed by atoms with Gasteiger partial charge < -0.3 is 31.9 Å². The van der Waals surface area contributed by atoms with E-state index in [9.17, 15) is 0 Å². The molecule has 3 aliphatic rings. The topological polar surface area (TPSA) is 125 Å². The first-order valence-electron chi connectivity index (χ1n) is 15.1. The number of aliphatic imine (C=N–C) groups is 2. The molecule has 0 amide bonds. The molecule has 1 fully saturated rings. The number of hydrogen-bond acceptors (Lipinski definition) is 8. The molecule has 6 N–H and O–H groups in total. The summed E-state index contributed by atoms with van der Waals surface area (Å²) in [6.45, 7) is 23.3. The molecule has 1 aromatic heterocycles. The largest absolute Gasteiger partial charge is 0.372 e. The van der Waals surface area contributed by atoms with Crippen molar-refractivity contribution in [2.24, 2.45) is 27.2 Å². The summed E-state index contributed by atoms with van der Waals surface area (Å²) >= 11 is 1.67. The van der Waals surface area contributed by atoms with Gasteiger partial charge in [0, 0.05) is 55.6 Å². The quantitative estimate of drug-likeness (QED) is 0.124. The van der Waals surface area contributed by atoms with Crippen molar-refractivity contribution in [2.45, 2.75) is 46.0 Å². The lowest BCUT2D eigenvalue weighted by atomic mass is 10.0. The van der Waals surface area contributed by atoms with Crippen LogP contribution in [0, 0.1) is 0 Å². The summed E-state index contributed by atoms with van der Waals surface area (Å²) in [6, 6.07) is 0. The molecule has 9 nitrogen and oxygen atoms in total. The second-order valence-electron chi connectivity index (χ2n) is 11.1. The van der Waals surface area contributed by atoms with Gasteiger partial charge in [-0.3, -0.25) is 4.99 Å². The van der Waals surface area contributed by atoms with Crippen LogP contribution in [0.5, 0.6) is 0 Å². The third kappa shape index (κ3) is 9.42. The smallest absolute Gasteiger partial charge is 0.185 e. The summed E-state index contributed by atoms with van der Waals surface area (Å²) in [5, 5.41) is 3.14. The standard InChI is InChI=1S/C33H44N8S.CH5N/c1-23(2)10-12-28-26(6)41-16-14-27(11-13-31-37-29(22-42-31)24(3)4)21-30(41)38-32(28)40-19-17-39(18-20-40)25(5)9-7-8-15-36-33(34)35;1-2/h10-14,16,21-22,24H,1,5-9,15,17-20H2,2-4H3,(H4,34,35,36);2H2,1H3/b12-10+,13-11+;. The SMILES string of the molecule is C=C(C)/C=C/C1=C(N2CCN(C(=C)CCCCN=C(N)N)CC2)N=C2C=C(/C=C/c3nc(C(C)C)cs3)C=CN2C1=C.CN. The number of nitrogens with two attached hydrogens (primary N) is 3. The highest BCUT2D eigenvalue weighted by Crippen LogP contribution is 2.32. The van der Waals surface area contributed by atoms with Crippen LogP contribution in [-0.2, 0) is 0 Å². The van der Waals surface area contributed by atoms with E-state index in [0.29, 0.717) is 12.5 Å². The molecule has 1 aromatic rings. The van der Waals surface area contributed by atoms with Gasteiger partial charge >= 0.3 is 0 Å². The number of fused-ring (bicyclic) bond motifs is 1. The Labute approximate surface area is 267 Å². The molecule has 1 saturated heterocycles. The van der Waals surface area contributed by atoms with Gasteiger partial charge in [-0.1, -0.05) is 51.3 Å². The van der Waals surface area contributed by atoms with Gasteiger partial charge in [0.1, 0.15) is 16.7 Å². The number of allylic oxidation sites excluding steroid dienone is 7. The van der Waals surface area contributed by atoms with Crippen LogP contribution in [0.4, 0.5) is 0 Å². The highest BCUT2D eigenvalue weighted by Gasteiger charge is 2.29. The van der Waals surface area contributed by atoms with Gasteiger partial charge in [-0.15, -0.1) is 11.3 Å². The lowest BCUT2D eigenvalue weighted by Crippen LogP contribution is -2.46. The summed E-state index contributed by atoms with van der Waals surface area (Å²) in [7, 11) is 1.50. The van der Waals surface area contributed by atoms with Crippen molar-refractivity contribution in [1.82, 2.24) is 19.7 Å². The maximum absolute atomic E-state index is 5.42. The zero-order chi connectivity index (χ0) is 32.2. The average molecular weight is 616 g/mol. The number of hydrogen-bond donors (Lipinski definition) is 3. The number of aromatic nitrogens is 1. The maximum atomic E-state index is 5.42. The van der Waals surface area contributed by atoms with Gasteiger partial charge in [-0.05, 0) is 69.0 Å². The zero-order valence-corrected chi connectivity index (χ0v) is 27.6. The Morgan fingerprint density at radius 2 is 1.82 bits per heavy atom. The van der Waals surface area contributed by atoms with Gasteiger partial charge in [0.15, 0.2) is 5.96 Å². The van der Waals surface area contributed by atoms with E-state index in [1.54, 1.807) is 11.3 Å². The molecule has 0 spiro atoms. The number of unbranched alkanes of at least 4 members (excludes halogenated alkanes) is 1. The minimum atomic E-state index is 0.150. The van der Waals surface area contributed by atoms with Crippen LogP contribution in [0.25, 0.3) is 6.08 Å². The van der Waals surface area contributed by atoms with E-state index >= 15 is 0 Å². The fourth-order valence-electron chi connectivity index (χ4n) is 4.84. The molecule has 0 unspecified atom stereocenters. The van der Waals surface area contributed by atoms with E-state index in [-0.39, 0.29) is 5.96 Å². The number of nitrogens with zero attached hydrogens (tertiary/aromatic N) is 6. The third-order valence-electron chi connectivity index (χ3n) is 7.30. The van der Waals surface area contributed by atoms with Crippen molar-refractivity contribution in [3.63, 3.8) is 0 Å². The van der Waals surface area contributed by atoms with E-state index in [2.05, 4.69) is 94.8 Å². The summed E-state index contributed by atoms with van der Waals surface area (Å²) in [5.74, 6) is 2.38. The van der Waals surface area contributed by atoms with Crippen LogP contribution in [0.15, 0.2) is 106 Å². The van der Waals surface area contributed by atoms with E-state index in [4.69, 9.17) is 21.4 Å².